The Balaban J connectivity index is 1.06. The summed E-state index contributed by atoms with van der Waals surface area (Å²) < 4.78 is 6.41. The molecule has 57 heavy (non-hydrogen) atoms. The van der Waals surface area contributed by atoms with E-state index in [1.54, 1.807) is 0 Å². The zero-order chi connectivity index (χ0) is 37.8. The number of fused-ring (bicyclic) bond motifs is 6. The number of benzene rings is 9. The average Bonchev–Trinajstić information content (AvgIpc) is 3.81. The van der Waals surface area contributed by atoms with Crippen molar-refractivity contribution < 1.29 is 4.42 Å². The van der Waals surface area contributed by atoms with Crippen molar-refractivity contribution in [3.8, 4) is 33.4 Å². The largest absolute Gasteiger partial charge is 0.456 e. The van der Waals surface area contributed by atoms with Crippen molar-refractivity contribution in [2.24, 2.45) is 0 Å². The van der Waals surface area contributed by atoms with Crippen LogP contribution in [-0.2, 0) is 5.41 Å². The molecule has 0 fully saturated rings. The summed E-state index contributed by atoms with van der Waals surface area (Å²) in [6, 6.07) is 81.2. The number of nitrogens with zero attached hydrogens (tertiary/aromatic N) is 1. The Bertz CT molecular complexity index is 3020. The number of anilines is 3. The molecule has 1 aromatic heterocycles. The molecule has 10 aromatic rings. The van der Waals surface area contributed by atoms with Gasteiger partial charge in [-0.3, -0.25) is 0 Å². The van der Waals surface area contributed by atoms with Crippen molar-refractivity contribution in [3.05, 3.63) is 247 Å². The molecule has 0 atom stereocenters. The number of hydrogen-bond donors (Lipinski definition) is 0. The van der Waals surface area contributed by atoms with E-state index < -0.39 is 5.41 Å². The predicted octanol–water partition coefficient (Wildman–Crippen LogP) is 14.8. The summed E-state index contributed by atoms with van der Waals surface area (Å²) in [5.74, 6) is 0. The van der Waals surface area contributed by atoms with E-state index in [4.69, 9.17) is 4.42 Å². The minimum absolute atomic E-state index is 0.424. The van der Waals surface area contributed by atoms with Crippen LogP contribution in [0.1, 0.15) is 22.3 Å². The average molecular weight is 728 g/mol. The third-order valence-electron chi connectivity index (χ3n) is 11.7. The fourth-order valence-electron chi connectivity index (χ4n) is 9.19. The fourth-order valence-corrected chi connectivity index (χ4v) is 9.19. The van der Waals surface area contributed by atoms with E-state index >= 15 is 0 Å². The van der Waals surface area contributed by atoms with E-state index in [1.165, 1.54) is 50.1 Å². The molecule has 0 amide bonds. The number of hydrogen-bond acceptors (Lipinski definition) is 2. The van der Waals surface area contributed by atoms with Gasteiger partial charge in [-0.05, 0) is 104 Å². The van der Waals surface area contributed by atoms with E-state index in [-0.39, 0.29) is 0 Å². The van der Waals surface area contributed by atoms with Crippen LogP contribution in [0.15, 0.2) is 229 Å². The van der Waals surface area contributed by atoms with Crippen LogP contribution in [0.25, 0.3) is 55.3 Å². The van der Waals surface area contributed by atoms with Crippen LogP contribution in [0.3, 0.4) is 0 Å². The molecule has 268 valence electrons. The molecule has 1 aliphatic carbocycles. The Kier molecular flexibility index (Phi) is 7.75. The highest BCUT2D eigenvalue weighted by Crippen LogP contribution is 2.56. The molecule has 0 aliphatic heterocycles. The molecule has 0 saturated heterocycles. The van der Waals surface area contributed by atoms with Gasteiger partial charge in [-0.1, -0.05) is 170 Å². The molecular weight excluding hydrogens is 691 g/mol. The summed E-state index contributed by atoms with van der Waals surface area (Å²) in [6.45, 7) is 0. The molecule has 0 saturated carbocycles. The predicted molar refractivity (Wildman–Crippen MR) is 237 cm³/mol. The van der Waals surface area contributed by atoms with Crippen molar-refractivity contribution in [1.82, 2.24) is 0 Å². The van der Waals surface area contributed by atoms with Crippen LogP contribution in [0, 0.1) is 0 Å². The van der Waals surface area contributed by atoms with Gasteiger partial charge in [-0.15, -0.1) is 0 Å². The van der Waals surface area contributed by atoms with Crippen LogP contribution < -0.4 is 4.90 Å². The standard InChI is InChI=1S/C55H37NO/c1-4-15-38(16-5-1)39-27-30-44(31-28-39)56(46-32-33-49-48-24-11-13-26-53(48)57-54(49)37-46)45-22-14-17-40(35-45)41-29-34-52-50(36-41)47-23-10-12-25-51(47)55(52,42-18-6-2-7-19-42)43-20-8-3-9-21-43/h1-37H. The Labute approximate surface area is 332 Å². The lowest BCUT2D eigenvalue weighted by atomic mass is 9.67. The van der Waals surface area contributed by atoms with E-state index in [1.807, 2.05) is 12.1 Å². The Morgan fingerprint density at radius 3 is 1.63 bits per heavy atom. The van der Waals surface area contributed by atoms with Crippen LogP contribution in [0.5, 0.6) is 0 Å². The minimum atomic E-state index is -0.424. The maximum Gasteiger partial charge on any atom is 0.137 e. The highest BCUT2D eigenvalue weighted by Gasteiger charge is 2.45. The zero-order valence-electron chi connectivity index (χ0n) is 31.2. The number of furan rings is 1. The summed E-state index contributed by atoms with van der Waals surface area (Å²) in [7, 11) is 0. The lowest BCUT2D eigenvalue weighted by Gasteiger charge is -2.33. The van der Waals surface area contributed by atoms with Gasteiger partial charge in [0.15, 0.2) is 0 Å². The van der Waals surface area contributed by atoms with E-state index in [2.05, 4.69) is 217 Å². The first-order chi connectivity index (χ1) is 28.3. The number of para-hydroxylation sites is 1. The quantitative estimate of drug-likeness (QED) is 0.163. The first kappa shape index (κ1) is 33.0. The molecule has 0 N–H and O–H groups in total. The van der Waals surface area contributed by atoms with Crippen LogP contribution in [0.4, 0.5) is 17.1 Å². The number of rotatable bonds is 7. The van der Waals surface area contributed by atoms with Gasteiger partial charge >= 0.3 is 0 Å². The molecule has 2 heteroatoms. The smallest absolute Gasteiger partial charge is 0.137 e. The van der Waals surface area contributed by atoms with Gasteiger partial charge in [0.05, 0.1) is 5.41 Å². The van der Waals surface area contributed by atoms with Gasteiger partial charge in [-0.2, -0.15) is 0 Å². The maximum atomic E-state index is 6.41. The molecule has 0 unspecified atom stereocenters. The minimum Gasteiger partial charge on any atom is -0.456 e. The van der Waals surface area contributed by atoms with Gasteiger partial charge in [0, 0.05) is 33.9 Å². The Hall–Kier alpha value is -7.42. The highest BCUT2D eigenvalue weighted by atomic mass is 16.3. The van der Waals surface area contributed by atoms with Crippen LogP contribution >= 0.6 is 0 Å². The van der Waals surface area contributed by atoms with Crippen LogP contribution in [-0.4, -0.2) is 0 Å². The van der Waals surface area contributed by atoms with Crippen molar-refractivity contribution in [2.45, 2.75) is 5.41 Å². The first-order valence-electron chi connectivity index (χ1n) is 19.6. The lowest BCUT2D eigenvalue weighted by Crippen LogP contribution is -2.28. The third kappa shape index (κ3) is 5.33. The summed E-state index contributed by atoms with van der Waals surface area (Å²) >= 11 is 0. The van der Waals surface area contributed by atoms with E-state index in [0.717, 1.165) is 44.6 Å². The van der Waals surface area contributed by atoms with Gasteiger partial charge in [0.2, 0.25) is 0 Å². The molecule has 11 rings (SSSR count). The SMILES string of the molecule is c1ccc(-c2ccc(N(c3cccc(-c4ccc5c(c4)-c4ccccc4C5(c4ccccc4)c4ccccc4)c3)c3ccc4c(c3)oc3ccccc34)cc2)cc1. The lowest BCUT2D eigenvalue weighted by molar-refractivity contribution is 0.669. The fraction of sp³-hybridized carbons (Fsp3) is 0.0182. The molecule has 0 bridgehead atoms. The zero-order valence-corrected chi connectivity index (χ0v) is 31.2. The van der Waals surface area contributed by atoms with Gasteiger partial charge < -0.3 is 9.32 Å². The summed E-state index contributed by atoms with van der Waals surface area (Å²) in [4.78, 5) is 2.34. The second kappa shape index (κ2) is 13.4. The molecule has 2 nitrogen and oxygen atoms in total. The van der Waals surface area contributed by atoms with Crippen molar-refractivity contribution in [3.63, 3.8) is 0 Å². The maximum absolute atomic E-state index is 6.41. The summed E-state index contributed by atoms with van der Waals surface area (Å²) in [6.07, 6.45) is 0. The molecule has 1 aliphatic rings. The first-order valence-corrected chi connectivity index (χ1v) is 19.6. The van der Waals surface area contributed by atoms with Gasteiger partial charge in [-0.25, -0.2) is 0 Å². The van der Waals surface area contributed by atoms with Gasteiger partial charge in [0.1, 0.15) is 11.2 Å². The second-order valence-electron chi connectivity index (χ2n) is 14.9. The van der Waals surface area contributed by atoms with Gasteiger partial charge in [0.25, 0.3) is 0 Å². The topological polar surface area (TPSA) is 16.4 Å². The normalized spacial score (nSPS) is 12.7. The van der Waals surface area contributed by atoms with E-state index in [9.17, 15) is 0 Å². The monoisotopic (exact) mass is 727 g/mol. The van der Waals surface area contributed by atoms with Crippen molar-refractivity contribution in [1.29, 1.82) is 0 Å². The summed E-state index contributed by atoms with van der Waals surface area (Å²) in [5.41, 5.74) is 16.9. The molecule has 9 aromatic carbocycles. The van der Waals surface area contributed by atoms with Crippen molar-refractivity contribution in [2.75, 3.05) is 4.90 Å². The highest BCUT2D eigenvalue weighted by molar-refractivity contribution is 6.06. The van der Waals surface area contributed by atoms with Crippen molar-refractivity contribution >= 4 is 39.0 Å². The second-order valence-corrected chi connectivity index (χ2v) is 14.9. The Morgan fingerprint density at radius 2 is 0.860 bits per heavy atom. The Morgan fingerprint density at radius 1 is 0.316 bits per heavy atom. The molecule has 1 heterocycles. The van der Waals surface area contributed by atoms with Crippen LogP contribution in [0.2, 0.25) is 0 Å². The van der Waals surface area contributed by atoms with E-state index in [0.29, 0.717) is 0 Å². The molecular formula is C55H37NO. The molecule has 0 radical (unpaired) electrons. The third-order valence-corrected chi connectivity index (χ3v) is 11.7. The molecule has 0 spiro atoms. The summed E-state index contributed by atoms with van der Waals surface area (Å²) in [5, 5.41) is 2.24.